The van der Waals surface area contributed by atoms with Gasteiger partial charge in [-0.15, -0.1) is 0 Å². The van der Waals surface area contributed by atoms with E-state index in [-0.39, 0.29) is 57.9 Å². The Morgan fingerprint density at radius 1 is 1.08 bits per heavy atom. The first-order valence-corrected chi connectivity index (χ1v) is 16.2. The van der Waals surface area contributed by atoms with Crippen molar-refractivity contribution in [3.8, 4) is 11.3 Å². The number of nitrogens with zero attached hydrogens (tertiary/aromatic N) is 6. The average molecular weight is 711 g/mol. The average Bonchev–Trinajstić information content (AvgIpc) is 3.51. The molecule has 4 amide bonds. The molecule has 4 aliphatic rings. The van der Waals surface area contributed by atoms with Gasteiger partial charge < -0.3 is 30.1 Å². The van der Waals surface area contributed by atoms with Gasteiger partial charge in [0, 0.05) is 38.4 Å². The number of carbonyl (C=O) groups is 3. The Morgan fingerprint density at radius 3 is 2.37 bits per heavy atom. The molecule has 1 unspecified atom stereocenters. The lowest BCUT2D eigenvalue weighted by Gasteiger charge is -2.41. The number of piperazine rings is 1. The van der Waals surface area contributed by atoms with E-state index in [1.165, 1.54) is 25.2 Å². The highest BCUT2D eigenvalue weighted by molar-refractivity contribution is 6.34. The van der Waals surface area contributed by atoms with Crippen LogP contribution in [-0.2, 0) is 13.2 Å². The number of aliphatic hydroxyl groups is 1. The number of benzene rings is 1. The maximum absolute atomic E-state index is 13.8. The van der Waals surface area contributed by atoms with Crippen molar-refractivity contribution in [2.75, 3.05) is 18.4 Å². The number of alkyl halides is 5. The monoisotopic (exact) mass is 710 g/mol. The van der Waals surface area contributed by atoms with Crippen molar-refractivity contribution in [2.45, 2.75) is 80.9 Å². The molecule has 18 heteroatoms. The van der Waals surface area contributed by atoms with Crippen LogP contribution in [0.1, 0.15) is 71.2 Å². The van der Waals surface area contributed by atoms with Gasteiger partial charge in [0.25, 0.3) is 17.7 Å². The number of nitrogens with one attached hydrogen (secondary N) is 2. The Morgan fingerprint density at radius 2 is 1.78 bits per heavy atom. The third-order valence-electron chi connectivity index (χ3n) is 9.83. The molecule has 2 aliphatic carbocycles. The third-order valence-corrected chi connectivity index (χ3v) is 10.1. The minimum atomic E-state index is -4.95. The number of carbonyl (C=O) groups excluding carboxylic acids is 3. The molecule has 0 spiro atoms. The Balaban J connectivity index is 1.03. The number of aliphatic hydroxyl groups excluding tert-OH is 1. The van der Waals surface area contributed by atoms with Gasteiger partial charge in [-0.05, 0) is 50.3 Å². The van der Waals surface area contributed by atoms with E-state index in [1.807, 2.05) is 0 Å². The fourth-order valence-corrected chi connectivity index (χ4v) is 7.42. The number of anilines is 1. The summed E-state index contributed by atoms with van der Waals surface area (Å²) < 4.78 is 70.3. The molecule has 49 heavy (non-hydrogen) atoms. The van der Waals surface area contributed by atoms with E-state index in [4.69, 9.17) is 11.6 Å². The van der Waals surface area contributed by atoms with E-state index in [0.29, 0.717) is 37.0 Å². The molecule has 3 aromatic rings. The summed E-state index contributed by atoms with van der Waals surface area (Å²) in [4.78, 5) is 47.1. The largest absolute Gasteiger partial charge is 0.435 e. The zero-order chi connectivity index (χ0) is 35.0. The number of urea groups is 1. The van der Waals surface area contributed by atoms with Crippen LogP contribution >= 0.6 is 11.6 Å². The zero-order valence-corrected chi connectivity index (χ0v) is 26.8. The van der Waals surface area contributed by atoms with Gasteiger partial charge in [0.1, 0.15) is 6.04 Å². The number of likely N-dealkylation sites (tertiary alicyclic amines) is 1. The molecule has 2 aliphatic heterocycles. The molecule has 2 aromatic heterocycles. The highest BCUT2D eigenvalue weighted by Crippen LogP contribution is 2.53. The summed E-state index contributed by atoms with van der Waals surface area (Å²) in [7, 11) is 1.31. The van der Waals surface area contributed by atoms with E-state index >= 15 is 0 Å². The highest BCUT2D eigenvalue weighted by Gasteiger charge is 2.59. The van der Waals surface area contributed by atoms with Crippen LogP contribution < -0.4 is 10.6 Å². The molecule has 5 atom stereocenters. The minimum Gasteiger partial charge on any atom is -0.391 e. The molecule has 0 radical (unpaired) electrons. The predicted octanol–water partition coefficient (Wildman–Crippen LogP) is 4.70. The number of amides is 4. The normalized spacial score (nSPS) is 25.8. The van der Waals surface area contributed by atoms with E-state index in [0.717, 1.165) is 29.8 Å². The van der Waals surface area contributed by atoms with Crippen molar-refractivity contribution in [1.29, 1.82) is 0 Å². The molecule has 4 heterocycles. The number of halogens is 6. The van der Waals surface area contributed by atoms with Crippen molar-refractivity contribution < 1.29 is 41.4 Å². The fourth-order valence-electron chi connectivity index (χ4n) is 7.16. The van der Waals surface area contributed by atoms with Gasteiger partial charge in [-0.25, -0.2) is 18.6 Å². The quantitative estimate of drug-likeness (QED) is 0.318. The van der Waals surface area contributed by atoms with Gasteiger partial charge >= 0.3 is 12.2 Å². The predicted molar refractivity (Wildman–Crippen MR) is 164 cm³/mol. The number of imidazole rings is 1. The van der Waals surface area contributed by atoms with Crippen molar-refractivity contribution in [3.05, 3.63) is 52.7 Å². The maximum atomic E-state index is 13.8. The van der Waals surface area contributed by atoms with E-state index in [9.17, 15) is 41.4 Å². The van der Waals surface area contributed by atoms with Crippen LogP contribution in [0.25, 0.3) is 11.3 Å². The smallest absolute Gasteiger partial charge is 0.391 e. The standard InChI is InChI=1S/C31H32ClF5N8O4/c1-42-22(19-14-44(24-10-30(24,33)34)41-25(19)31(35,36)37)11-38-26(42)27(47)39-15-5-8-18(20(32)9-15)28(48)45-16-6-7-17(45)13-43(12-16)29(49)40-21-3-2-4-23(21)46/h5,8-9,11,14,16-17,21,23-24,46H,2-4,6-7,10,12-13H2,1H3,(H,39,47)(H,40,49)/t16-,17+,21-,23-,24?/m0/s1. The molecule has 7 rings (SSSR count). The number of rotatable bonds is 6. The first-order chi connectivity index (χ1) is 23.1. The maximum Gasteiger partial charge on any atom is 0.435 e. The summed E-state index contributed by atoms with van der Waals surface area (Å²) in [6, 6.07) is 1.83. The summed E-state index contributed by atoms with van der Waals surface area (Å²) in [6.07, 6.45) is -0.587. The minimum absolute atomic E-state index is 0.0530. The van der Waals surface area contributed by atoms with Crippen LogP contribution in [0, 0.1) is 0 Å². The lowest BCUT2D eigenvalue weighted by molar-refractivity contribution is -0.141. The number of aromatic nitrogens is 4. The van der Waals surface area contributed by atoms with Crippen LogP contribution in [0.4, 0.5) is 32.4 Å². The second-order valence-corrected chi connectivity index (χ2v) is 13.5. The first-order valence-electron chi connectivity index (χ1n) is 15.9. The summed E-state index contributed by atoms with van der Waals surface area (Å²) in [5.74, 6) is -4.54. The fraction of sp³-hybridized carbons (Fsp3) is 0.516. The Labute approximate surface area is 281 Å². The van der Waals surface area contributed by atoms with Gasteiger partial charge in [0.2, 0.25) is 0 Å². The third kappa shape index (κ3) is 6.11. The highest BCUT2D eigenvalue weighted by atomic mass is 35.5. The Kier molecular flexibility index (Phi) is 8.12. The molecule has 1 aromatic carbocycles. The van der Waals surface area contributed by atoms with Crippen molar-refractivity contribution in [1.82, 2.24) is 34.4 Å². The van der Waals surface area contributed by atoms with Crippen LogP contribution in [0.5, 0.6) is 0 Å². The molecule has 262 valence electrons. The second kappa shape index (κ2) is 12.0. The number of hydrogen-bond acceptors (Lipinski definition) is 6. The molecule has 2 saturated carbocycles. The first kappa shape index (κ1) is 33.3. The van der Waals surface area contributed by atoms with Crippen LogP contribution in [0.15, 0.2) is 30.6 Å². The SMILES string of the molecule is Cn1c(-c2cn(C3CC3(F)F)nc2C(F)(F)F)cnc1C(=O)Nc1ccc(C(=O)N2[C@@H]3CC[C@H]2CN(C(=O)N[C@H]2CCC[C@@H]2O)C3)c(Cl)c1. The van der Waals surface area contributed by atoms with Crippen molar-refractivity contribution in [3.63, 3.8) is 0 Å². The Bertz CT molecular complexity index is 1810. The topological polar surface area (TPSA) is 138 Å². The molecule has 2 bridgehead atoms. The lowest BCUT2D eigenvalue weighted by Crippen LogP contribution is -2.60. The molecule has 2 saturated heterocycles. The molecule has 3 N–H and O–H groups in total. The number of hydrogen-bond donors (Lipinski definition) is 3. The van der Waals surface area contributed by atoms with Crippen LogP contribution in [-0.4, -0.2) is 95.3 Å². The summed E-state index contributed by atoms with van der Waals surface area (Å²) in [5, 5.41) is 19.0. The Hall–Kier alpha value is -4.25. The summed E-state index contributed by atoms with van der Waals surface area (Å²) in [5.41, 5.74) is -1.65. The second-order valence-electron chi connectivity index (χ2n) is 13.1. The van der Waals surface area contributed by atoms with Gasteiger partial charge in [-0.3, -0.25) is 14.3 Å². The van der Waals surface area contributed by atoms with Gasteiger partial charge in [-0.2, -0.15) is 18.3 Å². The zero-order valence-electron chi connectivity index (χ0n) is 26.1. The molecule has 4 fully saturated rings. The summed E-state index contributed by atoms with van der Waals surface area (Å²) in [6.45, 7) is 0.680. The van der Waals surface area contributed by atoms with Crippen molar-refractivity contribution >= 4 is 35.1 Å². The molecule has 12 nitrogen and oxygen atoms in total. The molecular weight excluding hydrogens is 679 g/mol. The number of fused-ring (bicyclic) bond motifs is 2. The van der Waals surface area contributed by atoms with Gasteiger partial charge in [-0.1, -0.05) is 11.6 Å². The van der Waals surface area contributed by atoms with Crippen LogP contribution in [0.3, 0.4) is 0 Å². The summed E-state index contributed by atoms with van der Waals surface area (Å²) >= 11 is 6.52. The van der Waals surface area contributed by atoms with Gasteiger partial charge in [0.05, 0.1) is 52.3 Å². The van der Waals surface area contributed by atoms with Gasteiger partial charge in [0.15, 0.2) is 11.5 Å². The van der Waals surface area contributed by atoms with Crippen molar-refractivity contribution in [2.24, 2.45) is 7.05 Å². The van der Waals surface area contributed by atoms with Crippen LogP contribution in [0.2, 0.25) is 5.02 Å². The lowest BCUT2D eigenvalue weighted by atomic mass is 10.1. The molecular formula is C31H32ClF5N8O4. The van der Waals surface area contributed by atoms with E-state index in [2.05, 4.69) is 20.7 Å². The van der Waals surface area contributed by atoms with E-state index in [1.54, 1.807) is 9.80 Å². The van der Waals surface area contributed by atoms with E-state index < -0.39 is 47.8 Å².